The van der Waals surface area contributed by atoms with Crippen LogP contribution in [0.5, 0.6) is 0 Å². The van der Waals surface area contributed by atoms with Crippen LogP contribution < -0.4 is 5.32 Å². The van der Waals surface area contributed by atoms with Crippen LogP contribution in [0.15, 0.2) is 0 Å². The number of aliphatic hydroxyl groups is 1. The topological polar surface area (TPSA) is 110 Å². The Morgan fingerprint density at radius 3 is 2.38 bits per heavy atom. The summed E-state index contributed by atoms with van der Waals surface area (Å²) in [6.07, 6.45) is 3.51. The van der Waals surface area contributed by atoms with Gasteiger partial charge in [-0.2, -0.15) is 0 Å². The summed E-state index contributed by atoms with van der Waals surface area (Å²) < 4.78 is 0. The van der Waals surface area contributed by atoms with E-state index in [9.17, 15) is 19.5 Å². The summed E-state index contributed by atoms with van der Waals surface area (Å²) >= 11 is 0. The lowest BCUT2D eigenvalue weighted by Crippen LogP contribution is -2.50. The minimum atomic E-state index is -0.965. The highest BCUT2D eigenvalue weighted by Gasteiger charge is 2.34. The molecule has 0 aromatic carbocycles. The van der Waals surface area contributed by atoms with Gasteiger partial charge in [-0.25, -0.2) is 0 Å². The van der Waals surface area contributed by atoms with E-state index in [2.05, 4.69) is 10.2 Å². The van der Waals surface area contributed by atoms with Crippen LogP contribution in [0.4, 0.5) is 0 Å². The van der Waals surface area contributed by atoms with Gasteiger partial charge in [0.1, 0.15) is 0 Å². The summed E-state index contributed by atoms with van der Waals surface area (Å²) in [5.74, 6) is -1.11. The third-order valence-corrected chi connectivity index (χ3v) is 5.34. The monoisotopic (exact) mass is 369 g/mol. The van der Waals surface area contributed by atoms with E-state index in [0.717, 1.165) is 32.4 Å². The Morgan fingerprint density at radius 1 is 1.08 bits per heavy atom. The van der Waals surface area contributed by atoms with Gasteiger partial charge >= 0.3 is 5.97 Å². The van der Waals surface area contributed by atoms with Crippen LogP contribution in [-0.2, 0) is 14.4 Å². The van der Waals surface area contributed by atoms with Crippen molar-refractivity contribution in [3.8, 4) is 0 Å². The normalized spacial score (nSPS) is 25.5. The third-order valence-electron chi connectivity index (χ3n) is 5.34. The molecule has 2 rings (SSSR count). The van der Waals surface area contributed by atoms with Crippen LogP contribution in [0.25, 0.3) is 0 Å². The zero-order valence-corrected chi connectivity index (χ0v) is 15.6. The number of hydrogen-bond acceptors (Lipinski definition) is 5. The number of carboxylic acid groups (broad SMARTS) is 1. The van der Waals surface area contributed by atoms with E-state index >= 15 is 0 Å². The Labute approximate surface area is 154 Å². The second kappa shape index (κ2) is 9.32. The SMILES string of the molecule is CC(=O)NC1CCN(C[C@]2(O)CCCN(C(=O)CCC(=O)O)CC2)CC1. The smallest absolute Gasteiger partial charge is 0.303 e. The molecule has 8 heteroatoms. The Balaban J connectivity index is 1.79. The number of nitrogens with zero attached hydrogens (tertiary/aromatic N) is 2. The average Bonchev–Trinajstić information content (AvgIpc) is 2.76. The van der Waals surface area contributed by atoms with Crippen LogP contribution in [0.1, 0.15) is 51.9 Å². The van der Waals surface area contributed by atoms with Gasteiger partial charge < -0.3 is 25.3 Å². The fourth-order valence-electron chi connectivity index (χ4n) is 3.90. The molecule has 0 bridgehead atoms. The fourth-order valence-corrected chi connectivity index (χ4v) is 3.90. The van der Waals surface area contributed by atoms with Crippen LogP contribution in [-0.4, -0.2) is 82.2 Å². The lowest BCUT2D eigenvalue weighted by atomic mass is 9.93. The molecule has 0 unspecified atom stereocenters. The number of likely N-dealkylation sites (tertiary alicyclic amines) is 2. The number of β-amino-alcohol motifs (C(OH)–C–C–N with tert-alkyl or cyclic N) is 1. The van der Waals surface area contributed by atoms with Crippen LogP contribution in [0.2, 0.25) is 0 Å². The largest absolute Gasteiger partial charge is 0.481 e. The van der Waals surface area contributed by atoms with Crippen molar-refractivity contribution >= 4 is 17.8 Å². The molecule has 3 N–H and O–H groups in total. The minimum absolute atomic E-state index is 0.00139. The van der Waals surface area contributed by atoms with Crippen molar-refractivity contribution in [3.05, 3.63) is 0 Å². The number of nitrogens with one attached hydrogen (secondary N) is 1. The highest BCUT2D eigenvalue weighted by Crippen LogP contribution is 2.25. The van der Waals surface area contributed by atoms with Gasteiger partial charge in [-0.3, -0.25) is 14.4 Å². The van der Waals surface area contributed by atoms with E-state index in [1.54, 1.807) is 4.90 Å². The molecule has 148 valence electrons. The molecule has 0 aliphatic carbocycles. The van der Waals surface area contributed by atoms with Gasteiger partial charge in [-0.05, 0) is 32.1 Å². The Hall–Kier alpha value is -1.67. The van der Waals surface area contributed by atoms with Gasteiger partial charge in [0.25, 0.3) is 0 Å². The maximum atomic E-state index is 12.1. The van der Waals surface area contributed by atoms with Crippen LogP contribution >= 0.6 is 0 Å². The molecule has 26 heavy (non-hydrogen) atoms. The molecule has 0 aromatic rings. The summed E-state index contributed by atoms with van der Waals surface area (Å²) in [6.45, 7) is 4.84. The van der Waals surface area contributed by atoms with Gasteiger partial charge in [0, 0.05) is 52.1 Å². The standard InChI is InChI=1S/C18H31N3O5/c1-14(22)19-15-5-10-20(11-6-15)13-18(26)7-2-9-21(12-8-18)16(23)3-4-17(24)25/h15,26H,2-13H2,1H3,(H,19,22)(H,24,25)/t18-/m0/s1. The second-order valence-corrected chi connectivity index (χ2v) is 7.60. The first-order valence-electron chi connectivity index (χ1n) is 9.49. The summed E-state index contributed by atoms with van der Waals surface area (Å²) in [4.78, 5) is 37.8. The summed E-state index contributed by atoms with van der Waals surface area (Å²) in [6, 6.07) is 0.217. The molecule has 2 saturated heterocycles. The first-order chi connectivity index (χ1) is 12.3. The summed E-state index contributed by atoms with van der Waals surface area (Å²) in [5.41, 5.74) is -0.817. The van der Waals surface area contributed by atoms with E-state index < -0.39 is 11.6 Å². The highest BCUT2D eigenvalue weighted by atomic mass is 16.4. The number of amides is 2. The molecule has 0 aromatic heterocycles. The number of rotatable bonds is 6. The summed E-state index contributed by atoms with van der Waals surface area (Å²) in [7, 11) is 0. The number of carboxylic acids is 1. The van der Waals surface area contributed by atoms with Crippen LogP contribution in [0.3, 0.4) is 0 Å². The molecule has 2 fully saturated rings. The van der Waals surface area contributed by atoms with Crippen molar-refractivity contribution < 1.29 is 24.6 Å². The Kier molecular flexibility index (Phi) is 7.40. The lowest BCUT2D eigenvalue weighted by Gasteiger charge is -2.38. The molecule has 0 saturated carbocycles. The molecular weight excluding hydrogens is 338 g/mol. The molecule has 0 radical (unpaired) electrons. The lowest BCUT2D eigenvalue weighted by molar-refractivity contribution is -0.141. The minimum Gasteiger partial charge on any atom is -0.481 e. The van der Waals surface area contributed by atoms with Crippen molar-refractivity contribution in [1.29, 1.82) is 0 Å². The van der Waals surface area contributed by atoms with Crippen molar-refractivity contribution in [2.24, 2.45) is 0 Å². The number of aliphatic carboxylic acids is 1. The molecule has 1 atom stereocenters. The number of piperidine rings is 1. The van der Waals surface area contributed by atoms with Gasteiger partial charge in [-0.1, -0.05) is 0 Å². The number of carbonyl (C=O) groups excluding carboxylic acids is 2. The second-order valence-electron chi connectivity index (χ2n) is 7.60. The zero-order valence-electron chi connectivity index (χ0n) is 15.6. The molecule has 2 heterocycles. The summed E-state index contributed by atoms with van der Waals surface area (Å²) in [5, 5.41) is 22.6. The predicted octanol–water partition coefficient (Wildman–Crippen LogP) is 0.195. The fraction of sp³-hybridized carbons (Fsp3) is 0.833. The molecular formula is C18H31N3O5. The van der Waals surface area contributed by atoms with Crippen molar-refractivity contribution in [1.82, 2.24) is 15.1 Å². The molecule has 2 amide bonds. The maximum Gasteiger partial charge on any atom is 0.303 e. The van der Waals surface area contributed by atoms with E-state index in [1.165, 1.54) is 6.92 Å². The van der Waals surface area contributed by atoms with E-state index in [1.807, 2.05) is 0 Å². The quantitative estimate of drug-likeness (QED) is 0.617. The average molecular weight is 369 g/mol. The molecule has 8 nitrogen and oxygen atoms in total. The van der Waals surface area contributed by atoms with E-state index in [0.29, 0.717) is 32.5 Å². The first kappa shape index (κ1) is 20.6. The molecule has 2 aliphatic rings. The van der Waals surface area contributed by atoms with Gasteiger partial charge in [-0.15, -0.1) is 0 Å². The third kappa shape index (κ3) is 6.57. The van der Waals surface area contributed by atoms with Crippen molar-refractivity contribution in [2.45, 2.75) is 63.5 Å². The maximum absolute atomic E-state index is 12.1. The zero-order chi connectivity index (χ0) is 19.2. The number of hydrogen-bond donors (Lipinski definition) is 3. The number of carbonyl (C=O) groups is 3. The van der Waals surface area contributed by atoms with Gasteiger partial charge in [0.2, 0.25) is 11.8 Å². The van der Waals surface area contributed by atoms with E-state index in [-0.39, 0.29) is 30.7 Å². The predicted molar refractivity (Wildman–Crippen MR) is 95.5 cm³/mol. The molecule has 0 spiro atoms. The first-order valence-corrected chi connectivity index (χ1v) is 9.49. The van der Waals surface area contributed by atoms with Gasteiger partial charge in [0.15, 0.2) is 0 Å². The van der Waals surface area contributed by atoms with E-state index in [4.69, 9.17) is 5.11 Å². The van der Waals surface area contributed by atoms with Crippen molar-refractivity contribution in [2.75, 3.05) is 32.7 Å². The van der Waals surface area contributed by atoms with Crippen molar-refractivity contribution in [3.63, 3.8) is 0 Å². The highest BCUT2D eigenvalue weighted by molar-refractivity contribution is 5.80. The molecule has 2 aliphatic heterocycles. The van der Waals surface area contributed by atoms with Crippen LogP contribution in [0, 0.1) is 0 Å². The Bertz CT molecular complexity index is 519. The van der Waals surface area contributed by atoms with Gasteiger partial charge in [0.05, 0.1) is 12.0 Å². The Morgan fingerprint density at radius 2 is 1.77 bits per heavy atom.